The summed E-state index contributed by atoms with van der Waals surface area (Å²) in [5, 5.41) is 6.18. The summed E-state index contributed by atoms with van der Waals surface area (Å²) >= 11 is 6.22. The fourth-order valence-electron chi connectivity index (χ4n) is 5.84. The molecule has 224 valence electrons. The molecule has 3 aromatic carbocycles. The van der Waals surface area contributed by atoms with Crippen LogP contribution in [-0.2, 0) is 21.2 Å². The fourth-order valence-corrected chi connectivity index (χ4v) is 8.29. The first-order chi connectivity index (χ1) is 20.1. The number of carbonyl (C=O) groups excluding carboxylic acids is 1. The number of nitrogens with two attached hydrogens (primary N) is 1. The second-order valence-electron chi connectivity index (χ2n) is 11.1. The molecule has 4 atom stereocenters. The number of halogens is 3. The Kier molecular flexibility index (Phi) is 9.29. The third-order valence-electron chi connectivity index (χ3n) is 8.04. The van der Waals surface area contributed by atoms with Gasteiger partial charge in [-0.3, -0.25) is 4.79 Å². The molecule has 0 bridgehead atoms. The van der Waals surface area contributed by atoms with Gasteiger partial charge in [-0.05, 0) is 80.1 Å². The van der Waals surface area contributed by atoms with E-state index in [4.69, 9.17) is 17.3 Å². The summed E-state index contributed by atoms with van der Waals surface area (Å²) in [4.78, 5) is 13.6. The number of nitrogens with zero attached hydrogens (tertiary/aromatic N) is 1. The maximum absolute atomic E-state index is 15.2. The van der Waals surface area contributed by atoms with Gasteiger partial charge in [-0.1, -0.05) is 41.9 Å². The van der Waals surface area contributed by atoms with Gasteiger partial charge in [-0.25, -0.2) is 17.2 Å². The Morgan fingerprint density at radius 1 is 1.07 bits per heavy atom. The van der Waals surface area contributed by atoms with Crippen molar-refractivity contribution in [1.29, 1.82) is 0 Å². The highest BCUT2D eigenvalue weighted by Gasteiger charge is 2.45. The topological polar surface area (TPSA) is 105 Å². The largest absolute Gasteiger partial charge is 0.324 e. The average Bonchev–Trinajstić information content (AvgIpc) is 3.79. The molecule has 2 aliphatic rings. The maximum Gasteiger partial charge on any atom is 0.242 e. The van der Waals surface area contributed by atoms with E-state index in [9.17, 15) is 17.6 Å². The van der Waals surface area contributed by atoms with Crippen LogP contribution < -0.4 is 16.4 Å². The Morgan fingerprint density at radius 2 is 1.76 bits per heavy atom. The number of hydrogen-bond donors (Lipinski definition) is 3. The molecule has 0 aromatic heterocycles. The third-order valence-corrected chi connectivity index (χ3v) is 10.8. The quantitative estimate of drug-likeness (QED) is 0.304. The monoisotopic (exact) mass is 616 g/mol. The minimum absolute atomic E-state index is 0.203. The van der Waals surface area contributed by atoms with E-state index >= 15 is 4.39 Å². The van der Waals surface area contributed by atoms with Gasteiger partial charge in [0.1, 0.15) is 11.6 Å². The minimum atomic E-state index is -3.43. The highest BCUT2D eigenvalue weighted by molar-refractivity contribution is 7.90. The van der Waals surface area contributed by atoms with Crippen LogP contribution in [0.3, 0.4) is 0 Å². The zero-order chi connectivity index (χ0) is 30.0. The zero-order valence-electron chi connectivity index (χ0n) is 23.3. The highest BCUT2D eigenvalue weighted by atomic mass is 35.5. The molecule has 1 saturated carbocycles. The van der Waals surface area contributed by atoms with Gasteiger partial charge in [0.05, 0.1) is 11.3 Å². The van der Waals surface area contributed by atoms with Gasteiger partial charge in [-0.15, -0.1) is 0 Å². The van der Waals surface area contributed by atoms with Gasteiger partial charge in [0.15, 0.2) is 0 Å². The normalized spacial score (nSPS) is 21.1. The molecular weight excluding hydrogens is 582 g/mol. The summed E-state index contributed by atoms with van der Waals surface area (Å²) in [5.74, 6) is -2.29. The number of amides is 1. The SMILES string of the molecule is C[C@@H]1CNC[C@H](CCc2c(F)cccc2NC(=O)[C@@H](N)[C@H](c2cccc(F)c2)c2cccc(Cl)c2)N1S(=O)(=O)C1CC1. The lowest BCUT2D eigenvalue weighted by Crippen LogP contribution is -2.59. The van der Waals surface area contributed by atoms with Gasteiger partial charge in [0.25, 0.3) is 0 Å². The summed E-state index contributed by atoms with van der Waals surface area (Å²) < 4.78 is 57.4. The average molecular weight is 617 g/mol. The molecule has 1 aliphatic carbocycles. The van der Waals surface area contributed by atoms with E-state index in [1.165, 1.54) is 24.3 Å². The first-order valence-corrected chi connectivity index (χ1v) is 16.0. The molecule has 42 heavy (non-hydrogen) atoms. The lowest BCUT2D eigenvalue weighted by molar-refractivity contribution is -0.117. The van der Waals surface area contributed by atoms with Crippen LogP contribution in [0.4, 0.5) is 14.5 Å². The Hall–Kier alpha value is -2.89. The van der Waals surface area contributed by atoms with Crippen LogP contribution in [0.25, 0.3) is 0 Å². The lowest BCUT2D eigenvalue weighted by Gasteiger charge is -2.40. The second-order valence-corrected chi connectivity index (χ2v) is 13.7. The Bertz CT molecular complexity index is 1510. The third kappa shape index (κ3) is 6.68. The van der Waals surface area contributed by atoms with Gasteiger partial charge in [0.2, 0.25) is 15.9 Å². The highest BCUT2D eigenvalue weighted by Crippen LogP contribution is 2.35. The molecule has 7 nitrogen and oxygen atoms in total. The van der Waals surface area contributed by atoms with E-state index in [0.717, 1.165) is 0 Å². The van der Waals surface area contributed by atoms with Crippen molar-refractivity contribution in [3.8, 4) is 0 Å². The Morgan fingerprint density at radius 3 is 2.45 bits per heavy atom. The van der Waals surface area contributed by atoms with Crippen molar-refractivity contribution in [2.75, 3.05) is 18.4 Å². The van der Waals surface area contributed by atoms with Crippen molar-refractivity contribution in [3.63, 3.8) is 0 Å². The van der Waals surface area contributed by atoms with Crippen LogP contribution in [0.5, 0.6) is 0 Å². The molecule has 1 amide bonds. The number of benzene rings is 3. The molecule has 1 heterocycles. The van der Waals surface area contributed by atoms with Crippen molar-refractivity contribution in [3.05, 3.63) is 100 Å². The van der Waals surface area contributed by atoms with E-state index in [0.29, 0.717) is 48.5 Å². The van der Waals surface area contributed by atoms with E-state index in [1.807, 2.05) is 6.92 Å². The van der Waals surface area contributed by atoms with Crippen LogP contribution >= 0.6 is 11.6 Å². The number of carbonyl (C=O) groups is 1. The Balaban J connectivity index is 1.37. The fraction of sp³-hybridized carbons (Fsp3) is 0.387. The second kappa shape index (κ2) is 12.8. The number of rotatable bonds is 10. The van der Waals surface area contributed by atoms with E-state index in [2.05, 4.69) is 10.6 Å². The molecular formula is C31H35ClF2N4O3S. The molecule has 11 heteroatoms. The van der Waals surface area contributed by atoms with Crippen LogP contribution in [0.2, 0.25) is 5.02 Å². The molecule has 5 rings (SSSR count). The van der Waals surface area contributed by atoms with E-state index < -0.39 is 39.5 Å². The van der Waals surface area contributed by atoms with E-state index in [-0.39, 0.29) is 35.0 Å². The number of hydrogen-bond acceptors (Lipinski definition) is 5. The molecule has 4 N–H and O–H groups in total. The summed E-state index contributed by atoms with van der Waals surface area (Å²) in [5.41, 5.74) is 8.17. The number of piperazine rings is 1. The number of anilines is 1. The Labute approximate surface area is 250 Å². The number of nitrogens with one attached hydrogen (secondary N) is 2. The standard InChI is InChI=1S/C31H35ClF2N4O3S/c1-19-17-36-18-24(38(19)42(40,41)25-12-13-25)11-14-26-27(34)9-4-10-28(26)37-31(39)30(35)29(20-5-2-7-22(32)15-20)21-6-3-8-23(33)16-21/h2-10,15-16,19,24-25,29-30,36H,11-14,17-18,35H2,1H3,(H,37,39)/t19-,24+,29+,30+/m1/s1. The minimum Gasteiger partial charge on any atom is -0.324 e. The van der Waals surface area contributed by atoms with E-state index in [1.54, 1.807) is 46.8 Å². The molecule has 0 spiro atoms. The van der Waals surface area contributed by atoms with Gasteiger partial charge in [0, 0.05) is 47.4 Å². The molecule has 0 unspecified atom stereocenters. The smallest absolute Gasteiger partial charge is 0.242 e. The van der Waals surface area contributed by atoms with Crippen LogP contribution in [-0.4, -0.2) is 55.1 Å². The molecule has 1 aliphatic heterocycles. The predicted octanol–water partition coefficient (Wildman–Crippen LogP) is 4.80. The summed E-state index contributed by atoms with van der Waals surface area (Å²) in [6.45, 7) is 2.90. The summed E-state index contributed by atoms with van der Waals surface area (Å²) in [6, 6.07) is 15.4. The van der Waals surface area contributed by atoms with Crippen molar-refractivity contribution >= 4 is 33.2 Å². The van der Waals surface area contributed by atoms with Crippen LogP contribution in [0, 0.1) is 11.6 Å². The molecule has 3 aromatic rings. The number of sulfonamides is 1. The molecule has 1 saturated heterocycles. The summed E-state index contributed by atoms with van der Waals surface area (Å²) in [6.07, 6.45) is 1.91. The predicted molar refractivity (Wildman–Crippen MR) is 161 cm³/mol. The molecule has 2 fully saturated rings. The summed E-state index contributed by atoms with van der Waals surface area (Å²) in [7, 11) is -3.43. The van der Waals surface area contributed by atoms with Crippen molar-refractivity contribution < 1.29 is 22.0 Å². The first kappa shape index (κ1) is 30.6. The zero-order valence-corrected chi connectivity index (χ0v) is 24.8. The molecule has 0 radical (unpaired) electrons. The van der Waals surface area contributed by atoms with Crippen molar-refractivity contribution in [1.82, 2.24) is 9.62 Å². The maximum atomic E-state index is 15.2. The van der Waals surface area contributed by atoms with Crippen LogP contribution in [0.1, 0.15) is 48.8 Å². The van der Waals surface area contributed by atoms with Gasteiger partial charge < -0.3 is 16.4 Å². The van der Waals surface area contributed by atoms with Crippen molar-refractivity contribution in [2.24, 2.45) is 5.73 Å². The lowest BCUT2D eigenvalue weighted by atomic mass is 9.85. The van der Waals surface area contributed by atoms with Gasteiger partial charge >= 0.3 is 0 Å². The van der Waals surface area contributed by atoms with Crippen molar-refractivity contribution in [2.45, 2.75) is 61.9 Å². The van der Waals surface area contributed by atoms with Gasteiger partial charge in [-0.2, -0.15) is 4.31 Å². The first-order valence-electron chi connectivity index (χ1n) is 14.1. The van der Waals surface area contributed by atoms with Crippen LogP contribution in [0.15, 0.2) is 66.7 Å².